The summed E-state index contributed by atoms with van der Waals surface area (Å²) < 4.78 is 10.9. The minimum atomic E-state index is 0.831. The maximum absolute atomic E-state index is 5.43. The third-order valence-corrected chi connectivity index (χ3v) is 3.59. The molecule has 2 aliphatic rings. The largest absolute Gasteiger partial charge is 0.378 e. The summed E-state index contributed by atoms with van der Waals surface area (Å²) in [6.07, 6.45) is 0. The average molecular weight is 248 g/mol. The molecule has 1 aromatic rings. The van der Waals surface area contributed by atoms with Crippen LogP contribution in [0.25, 0.3) is 0 Å². The fraction of sp³-hybridized carbons (Fsp3) is 0.571. The number of benzene rings is 1. The van der Waals surface area contributed by atoms with Gasteiger partial charge in [0, 0.05) is 26.2 Å². The second-order valence-corrected chi connectivity index (χ2v) is 4.69. The normalized spacial score (nSPS) is 21.1. The van der Waals surface area contributed by atoms with E-state index >= 15 is 0 Å². The first-order valence-electron chi connectivity index (χ1n) is 6.69. The van der Waals surface area contributed by atoms with Crippen LogP contribution in [0.1, 0.15) is 0 Å². The van der Waals surface area contributed by atoms with E-state index in [9.17, 15) is 0 Å². The monoisotopic (exact) mass is 248 g/mol. The Morgan fingerprint density at radius 1 is 0.667 bits per heavy atom. The fourth-order valence-corrected chi connectivity index (χ4v) is 2.61. The lowest BCUT2D eigenvalue weighted by atomic mass is 10.2. The second-order valence-electron chi connectivity index (χ2n) is 4.69. The molecule has 2 fully saturated rings. The van der Waals surface area contributed by atoms with Crippen molar-refractivity contribution in [3.05, 3.63) is 24.3 Å². The van der Waals surface area contributed by atoms with Gasteiger partial charge in [0.2, 0.25) is 0 Å². The highest BCUT2D eigenvalue weighted by Crippen LogP contribution is 2.30. The van der Waals surface area contributed by atoms with E-state index in [1.165, 1.54) is 11.4 Å². The first-order chi connectivity index (χ1) is 8.95. The number of rotatable bonds is 2. The molecule has 4 nitrogen and oxygen atoms in total. The highest BCUT2D eigenvalue weighted by Gasteiger charge is 2.19. The molecule has 3 rings (SSSR count). The van der Waals surface area contributed by atoms with Gasteiger partial charge >= 0.3 is 0 Å². The highest BCUT2D eigenvalue weighted by atomic mass is 16.5. The quantitative estimate of drug-likeness (QED) is 0.789. The summed E-state index contributed by atoms with van der Waals surface area (Å²) >= 11 is 0. The van der Waals surface area contributed by atoms with Crippen molar-refractivity contribution >= 4 is 11.4 Å². The molecule has 4 heteroatoms. The maximum atomic E-state index is 5.43. The van der Waals surface area contributed by atoms with Gasteiger partial charge in [0.1, 0.15) is 0 Å². The number of morpholine rings is 2. The Balaban J connectivity index is 1.83. The predicted molar refractivity (Wildman–Crippen MR) is 72.5 cm³/mol. The van der Waals surface area contributed by atoms with E-state index in [-0.39, 0.29) is 0 Å². The van der Waals surface area contributed by atoms with Crippen molar-refractivity contribution < 1.29 is 9.47 Å². The average Bonchev–Trinajstić information content (AvgIpc) is 2.49. The Morgan fingerprint density at radius 2 is 1.06 bits per heavy atom. The molecule has 0 unspecified atom stereocenters. The maximum Gasteiger partial charge on any atom is 0.0642 e. The van der Waals surface area contributed by atoms with E-state index in [0.717, 1.165) is 52.6 Å². The van der Waals surface area contributed by atoms with Crippen LogP contribution in [-0.4, -0.2) is 52.6 Å². The Bertz CT molecular complexity index is 348. The zero-order valence-corrected chi connectivity index (χ0v) is 10.7. The molecule has 0 aromatic heterocycles. The lowest BCUT2D eigenvalue weighted by molar-refractivity contribution is 0.121. The standard InChI is InChI=1S/C14H20N2O2/c1-2-4-14(16-7-11-18-12-8-16)13(3-1)15-5-9-17-10-6-15/h1-4H,5-12H2. The van der Waals surface area contributed by atoms with Gasteiger partial charge < -0.3 is 19.3 Å². The molecule has 0 spiro atoms. The van der Waals surface area contributed by atoms with Gasteiger partial charge in [-0.15, -0.1) is 0 Å². The van der Waals surface area contributed by atoms with Crippen molar-refractivity contribution in [3.8, 4) is 0 Å². The minimum absolute atomic E-state index is 0.831. The van der Waals surface area contributed by atoms with Gasteiger partial charge in [0.05, 0.1) is 37.8 Å². The molecule has 0 saturated carbocycles. The van der Waals surface area contributed by atoms with Gasteiger partial charge in [-0.05, 0) is 12.1 Å². The van der Waals surface area contributed by atoms with Crippen molar-refractivity contribution in [2.45, 2.75) is 0 Å². The van der Waals surface area contributed by atoms with Crippen LogP contribution in [0.4, 0.5) is 11.4 Å². The van der Waals surface area contributed by atoms with E-state index in [2.05, 4.69) is 34.1 Å². The first-order valence-corrected chi connectivity index (χ1v) is 6.69. The Morgan fingerprint density at radius 3 is 1.44 bits per heavy atom. The molecule has 18 heavy (non-hydrogen) atoms. The summed E-state index contributed by atoms with van der Waals surface area (Å²) in [5, 5.41) is 0. The van der Waals surface area contributed by atoms with Crippen LogP contribution in [0.2, 0.25) is 0 Å². The Labute approximate surface area is 108 Å². The Hall–Kier alpha value is -1.26. The fourth-order valence-electron chi connectivity index (χ4n) is 2.61. The predicted octanol–water partition coefficient (Wildman–Crippen LogP) is 1.36. The van der Waals surface area contributed by atoms with Crippen molar-refractivity contribution in [2.75, 3.05) is 62.4 Å². The summed E-state index contributed by atoms with van der Waals surface area (Å²) in [6.45, 7) is 7.27. The van der Waals surface area contributed by atoms with Crippen LogP contribution in [0, 0.1) is 0 Å². The van der Waals surface area contributed by atoms with Crippen LogP contribution in [0.15, 0.2) is 24.3 Å². The van der Waals surface area contributed by atoms with Crippen LogP contribution in [0.5, 0.6) is 0 Å². The first kappa shape index (κ1) is 11.8. The van der Waals surface area contributed by atoms with Gasteiger partial charge in [-0.3, -0.25) is 0 Å². The molecule has 98 valence electrons. The van der Waals surface area contributed by atoms with Crippen LogP contribution < -0.4 is 9.80 Å². The highest BCUT2D eigenvalue weighted by molar-refractivity contribution is 5.71. The number of hydrogen-bond acceptors (Lipinski definition) is 4. The molecule has 0 amide bonds. The van der Waals surface area contributed by atoms with E-state index < -0.39 is 0 Å². The number of ether oxygens (including phenoxy) is 2. The molecule has 0 atom stereocenters. The number of para-hydroxylation sites is 2. The topological polar surface area (TPSA) is 24.9 Å². The summed E-state index contributed by atoms with van der Waals surface area (Å²) in [5.74, 6) is 0. The van der Waals surface area contributed by atoms with Crippen LogP contribution >= 0.6 is 0 Å². The molecule has 0 N–H and O–H groups in total. The van der Waals surface area contributed by atoms with Gasteiger partial charge in [0.15, 0.2) is 0 Å². The third kappa shape index (κ3) is 2.44. The van der Waals surface area contributed by atoms with E-state index in [4.69, 9.17) is 9.47 Å². The molecule has 0 radical (unpaired) electrons. The van der Waals surface area contributed by atoms with E-state index in [1.54, 1.807) is 0 Å². The molecule has 2 saturated heterocycles. The van der Waals surface area contributed by atoms with Crippen molar-refractivity contribution in [1.29, 1.82) is 0 Å². The van der Waals surface area contributed by atoms with Crippen LogP contribution in [-0.2, 0) is 9.47 Å². The minimum Gasteiger partial charge on any atom is -0.378 e. The van der Waals surface area contributed by atoms with Gasteiger partial charge in [-0.1, -0.05) is 12.1 Å². The van der Waals surface area contributed by atoms with Gasteiger partial charge in [-0.2, -0.15) is 0 Å². The van der Waals surface area contributed by atoms with Crippen molar-refractivity contribution in [3.63, 3.8) is 0 Å². The summed E-state index contributed by atoms with van der Waals surface area (Å²) in [7, 11) is 0. The molecular weight excluding hydrogens is 228 g/mol. The van der Waals surface area contributed by atoms with E-state index in [1.807, 2.05) is 0 Å². The molecule has 0 bridgehead atoms. The van der Waals surface area contributed by atoms with Crippen molar-refractivity contribution in [2.24, 2.45) is 0 Å². The van der Waals surface area contributed by atoms with Gasteiger partial charge in [0.25, 0.3) is 0 Å². The van der Waals surface area contributed by atoms with E-state index in [0.29, 0.717) is 0 Å². The second kappa shape index (κ2) is 5.59. The SMILES string of the molecule is c1ccc(N2CCOCC2)c(N2CCOCC2)c1. The summed E-state index contributed by atoms with van der Waals surface area (Å²) in [5.41, 5.74) is 2.67. The molecule has 0 aliphatic carbocycles. The lowest BCUT2D eigenvalue weighted by Gasteiger charge is -2.35. The summed E-state index contributed by atoms with van der Waals surface area (Å²) in [6, 6.07) is 8.68. The third-order valence-electron chi connectivity index (χ3n) is 3.59. The molecule has 1 aromatic carbocycles. The summed E-state index contributed by atoms with van der Waals surface area (Å²) in [4.78, 5) is 4.85. The number of nitrogens with zero attached hydrogens (tertiary/aromatic N) is 2. The smallest absolute Gasteiger partial charge is 0.0642 e. The zero-order valence-electron chi connectivity index (χ0n) is 10.7. The zero-order chi connectivity index (χ0) is 12.2. The Kier molecular flexibility index (Phi) is 3.67. The number of hydrogen-bond donors (Lipinski definition) is 0. The molecule has 2 aliphatic heterocycles. The lowest BCUT2D eigenvalue weighted by Crippen LogP contribution is -2.40. The molecule has 2 heterocycles. The van der Waals surface area contributed by atoms with Crippen LogP contribution in [0.3, 0.4) is 0 Å². The number of anilines is 2. The molecular formula is C14H20N2O2. The van der Waals surface area contributed by atoms with Gasteiger partial charge in [-0.25, -0.2) is 0 Å². The van der Waals surface area contributed by atoms with Crippen molar-refractivity contribution in [1.82, 2.24) is 0 Å².